The summed E-state index contributed by atoms with van der Waals surface area (Å²) in [6.07, 6.45) is 0.278. The first-order valence-corrected chi connectivity index (χ1v) is 10.6. The quantitative estimate of drug-likeness (QED) is 0.672. The summed E-state index contributed by atoms with van der Waals surface area (Å²) in [5.41, 5.74) is -1.27. The normalized spacial score (nSPS) is 20.4. The average molecular weight is 415 g/mol. The van der Waals surface area contributed by atoms with Crippen LogP contribution in [-0.4, -0.2) is 40.1 Å². The molecule has 0 radical (unpaired) electrons. The maximum Gasteiger partial charge on any atom is 0.330 e. The Morgan fingerprint density at radius 3 is 2.38 bits per heavy atom. The fourth-order valence-corrected chi connectivity index (χ4v) is 5.35. The van der Waals surface area contributed by atoms with E-state index in [4.69, 9.17) is 0 Å². The third kappa shape index (κ3) is 3.02. The zero-order valence-electron chi connectivity index (χ0n) is 16.1. The first-order chi connectivity index (χ1) is 13.6. The SMILES string of the molecule is Cn1c(=O)c2cc(S(=O)(=O)N3CC[C@](O)(c4ccccc4)C3)ccc2n(C)c1=O. The summed E-state index contributed by atoms with van der Waals surface area (Å²) in [5, 5.41) is 11.1. The van der Waals surface area contributed by atoms with Crippen LogP contribution in [0, 0.1) is 0 Å². The molecule has 0 unspecified atom stereocenters. The number of hydrogen-bond acceptors (Lipinski definition) is 5. The van der Waals surface area contributed by atoms with Crippen molar-refractivity contribution in [3.63, 3.8) is 0 Å². The molecule has 0 saturated carbocycles. The standard InChI is InChI=1S/C20H21N3O5S/c1-21-17-9-8-15(12-16(17)18(24)22(2)19(21)25)29(27,28)23-11-10-20(26,13-23)14-6-4-3-5-7-14/h3-9,12,26H,10-11,13H2,1-2H3/t20-/m1/s1. The molecule has 1 atom stereocenters. The van der Waals surface area contributed by atoms with Gasteiger partial charge in [0.05, 0.1) is 15.8 Å². The summed E-state index contributed by atoms with van der Waals surface area (Å²) in [7, 11) is -1.04. The van der Waals surface area contributed by atoms with Crippen LogP contribution in [0.4, 0.5) is 0 Å². The van der Waals surface area contributed by atoms with Crippen molar-refractivity contribution in [2.24, 2.45) is 14.1 Å². The number of β-amino-alcohol motifs (C(OH)–C–C–N with tert-alkyl or cyclic N) is 1. The molecule has 9 heteroatoms. The van der Waals surface area contributed by atoms with Gasteiger partial charge in [0.2, 0.25) is 10.0 Å². The van der Waals surface area contributed by atoms with E-state index in [1.807, 2.05) is 6.07 Å². The average Bonchev–Trinajstić information content (AvgIpc) is 3.15. The van der Waals surface area contributed by atoms with E-state index in [0.717, 1.165) is 4.57 Å². The van der Waals surface area contributed by atoms with Gasteiger partial charge in [-0.05, 0) is 30.2 Å². The summed E-state index contributed by atoms with van der Waals surface area (Å²) in [5.74, 6) is 0. The second-order valence-electron chi connectivity index (χ2n) is 7.37. The first-order valence-electron chi connectivity index (χ1n) is 9.13. The highest BCUT2D eigenvalue weighted by Crippen LogP contribution is 2.35. The number of fused-ring (bicyclic) bond motifs is 1. The lowest BCUT2D eigenvalue weighted by Crippen LogP contribution is -2.37. The van der Waals surface area contributed by atoms with E-state index in [0.29, 0.717) is 11.1 Å². The van der Waals surface area contributed by atoms with Gasteiger partial charge >= 0.3 is 5.69 Å². The molecule has 0 amide bonds. The highest BCUT2D eigenvalue weighted by molar-refractivity contribution is 7.89. The van der Waals surface area contributed by atoms with E-state index >= 15 is 0 Å². The van der Waals surface area contributed by atoms with Crippen molar-refractivity contribution in [1.82, 2.24) is 13.4 Å². The Morgan fingerprint density at radius 2 is 1.69 bits per heavy atom. The molecule has 0 bridgehead atoms. The molecule has 2 aromatic carbocycles. The predicted octanol–water partition coefficient (Wildman–Crippen LogP) is 0.519. The second kappa shape index (κ2) is 6.65. The minimum absolute atomic E-state index is 0.0435. The van der Waals surface area contributed by atoms with Gasteiger partial charge in [0, 0.05) is 27.2 Å². The predicted molar refractivity (Wildman–Crippen MR) is 108 cm³/mol. The number of benzene rings is 2. The molecule has 2 heterocycles. The van der Waals surface area contributed by atoms with Crippen molar-refractivity contribution in [3.8, 4) is 0 Å². The molecule has 4 rings (SSSR count). The molecule has 8 nitrogen and oxygen atoms in total. The number of rotatable bonds is 3. The number of aliphatic hydroxyl groups is 1. The van der Waals surface area contributed by atoms with E-state index < -0.39 is 26.9 Å². The second-order valence-corrected chi connectivity index (χ2v) is 9.31. The molecule has 1 aromatic heterocycles. The molecule has 29 heavy (non-hydrogen) atoms. The van der Waals surface area contributed by atoms with E-state index in [2.05, 4.69) is 0 Å². The molecule has 152 valence electrons. The fourth-order valence-electron chi connectivity index (χ4n) is 3.83. The molecule has 0 spiro atoms. The molecular formula is C20H21N3O5S. The summed E-state index contributed by atoms with van der Waals surface area (Å²) in [6.45, 7) is 0.0969. The van der Waals surface area contributed by atoms with Crippen LogP contribution in [0.5, 0.6) is 0 Å². The summed E-state index contributed by atoms with van der Waals surface area (Å²) >= 11 is 0. The number of aryl methyl sites for hydroxylation is 1. The van der Waals surface area contributed by atoms with Gasteiger partial charge in [0.25, 0.3) is 5.56 Å². The van der Waals surface area contributed by atoms with Crippen molar-refractivity contribution in [1.29, 1.82) is 0 Å². The van der Waals surface area contributed by atoms with Crippen LogP contribution in [0.2, 0.25) is 0 Å². The lowest BCUT2D eigenvalue weighted by atomic mass is 9.93. The maximum atomic E-state index is 13.2. The number of sulfonamides is 1. The monoisotopic (exact) mass is 415 g/mol. The van der Waals surface area contributed by atoms with Crippen LogP contribution in [0.3, 0.4) is 0 Å². The van der Waals surface area contributed by atoms with Gasteiger partial charge in [-0.15, -0.1) is 0 Å². The number of hydrogen-bond donors (Lipinski definition) is 1. The van der Waals surface area contributed by atoms with E-state index in [9.17, 15) is 23.1 Å². The molecule has 1 fully saturated rings. The number of nitrogens with zero attached hydrogens (tertiary/aromatic N) is 3. The third-order valence-corrected chi connectivity index (χ3v) is 7.44. The molecule has 3 aromatic rings. The van der Waals surface area contributed by atoms with Crippen molar-refractivity contribution in [2.75, 3.05) is 13.1 Å². The van der Waals surface area contributed by atoms with Gasteiger partial charge < -0.3 is 5.11 Å². The Kier molecular flexibility index (Phi) is 4.49. The minimum Gasteiger partial charge on any atom is -0.384 e. The van der Waals surface area contributed by atoms with Crippen molar-refractivity contribution >= 4 is 20.9 Å². The van der Waals surface area contributed by atoms with E-state index in [1.54, 1.807) is 24.3 Å². The molecule has 1 N–H and O–H groups in total. The Hall–Kier alpha value is -2.75. The van der Waals surface area contributed by atoms with Crippen LogP contribution in [0.15, 0.2) is 63.0 Å². The lowest BCUT2D eigenvalue weighted by molar-refractivity contribution is 0.0531. The van der Waals surface area contributed by atoms with Crippen molar-refractivity contribution in [2.45, 2.75) is 16.9 Å². The molecular weight excluding hydrogens is 394 g/mol. The lowest BCUT2D eigenvalue weighted by Gasteiger charge is -2.24. The number of aromatic nitrogens is 2. The van der Waals surface area contributed by atoms with Crippen LogP contribution in [0.25, 0.3) is 10.9 Å². The zero-order chi connectivity index (χ0) is 21.0. The summed E-state index contributed by atoms with van der Waals surface area (Å²) < 4.78 is 29.8. The van der Waals surface area contributed by atoms with Crippen LogP contribution >= 0.6 is 0 Å². The largest absolute Gasteiger partial charge is 0.384 e. The summed E-state index contributed by atoms with van der Waals surface area (Å²) in [4.78, 5) is 24.5. The van der Waals surface area contributed by atoms with Crippen LogP contribution in [0.1, 0.15) is 12.0 Å². The minimum atomic E-state index is -3.92. The maximum absolute atomic E-state index is 13.2. The van der Waals surface area contributed by atoms with Gasteiger partial charge in [0.15, 0.2) is 0 Å². The van der Waals surface area contributed by atoms with E-state index in [1.165, 1.54) is 41.2 Å². The smallest absolute Gasteiger partial charge is 0.330 e. The van der Waals surface area contributed by atoms with Gasteiger partial charge in [-0.25, -0.2) is 13.2 Å². The Morgan fingerprint density at radius 1 is 1.00 bits per heavy atom. The fraction of sp³-hybridized carbons (Fsp3) is 0.300. The van der Waals surface area contributed by atoms with Crippen molar-refractivity contribution < 1.29 is 13.5 Å². The van der Waals surface area contributed by atoms with Crippen LogP contribution < -0.4 is 11.2 Å². The third-order valence-electron chi connectivity index (χ3n) is 5.60. The molecule has 1 aliphatic rings. The molecule has 1 aliphatic heterocycles. The first kappa shape index (κ1) is 19.6. The van der Waals surface area contributed by atoms with Crippen LogP contribution in [-0.2, 0) is 29.7 Å². The summed E-state index contributed by atoms with van der Waals surface area (Å²) in [6, 6.07) is 13.1. The van der Waals surface area contributed by atoms with E-state index in [-0.39, 0.29) is 29.8 Å². The highest BCUT2D eigenvalue weighted by atomic mass is 32.2. The van der Waals surface area contributed by atoms with Gasteiger partial charge in [-0.3, -0.25) is 13.9 Å². The topological polar surface area (TPSA) is 102 Å². The highest BCUT2D eigenvalue weighted by Gasteiger charge is 2.42. The molecule has 1 saturated heterocycles. The zero-order valence-corrected chi connectivity index (χ0v) is 16.9. The van der Waals surface area contributed by atoms with Gasteiger partial charge in [0.1, 0.15) is 5.60 Å². The Bertz CT molecular complexity index is 1330. The van der Waals surface area contributed by atoms with Gasteiger partial charge in [-0.2, -0.15) is 4.31 Å². The Balaban J connectivity index is 1.76. The van der Waals surface area contributed by atoms with Gasteiger partial charge in [-0.1, -0.05) is 30.3 Å². The Labute approximate surface area is 167 Å². The van der Waals surface area contributed by atoms with Crippen molar-refractivity contribution in [3.05, 3.63) is 74.9 Å². The molecule has 0 aliphatic carbocycles.